The van der Waals surface area contributed by atoms with Crippen molar-refractivity contribution in [3.05, 3.63) is 57.8 Å². The summed E-state index contributed by atoms with van der Waals surface area (Å²) in [6.45, 7) is 2.47. The summed E-state index contributed by atoms with van der Waals surface area (Å²) < 4.78 is 5.40. The first-order valence-electron chi connectivity index (χ1n) is 7.24. The van der Waals surface area contributed by atoms with Gasteiger partial charge in [-0.25, -0.2) is 4.98 Å². The minimum Gasteiger partial charge on any atom is -0.478 e. The minimum atomic E-state index is -0.561. The van der Waals surface area contributed by atoms with Crippen LogP contribution in [0.15, 0.2) is 41.4 Å². The molecule has 0 aliphatic heterocycles. The highest BCUT2D eigenvalue weighted by atomic mass is 32.2. The Bertz CT molecular complexity index is 752. The molecule has 1 aromatic heterocycles. The van der Waals surface area contributed by atoms with E-state index in [0.29, 0.717) is 18.1 Å². The van der Waals surface area contributed by atoms with E-state index in [1.807, 2.05) is 13.2 Å². The molecule has 0 aliphatic rings. The molecule has 2 rings (SSSR count). The Kier molecular flexibility index (Phi) is 6.14. The molecule has 24 heavy (non-hydrogen) atoms. The van der Waals surface area contributed by atoms with Crippen LogP contribution in [0, 0.1) is 10.1 Å². The van der Waals surface area contributed by atoms with Crippen molar-refractivity contribution in [1.29, 1.82) is 0 Å². The third-order valence-corrected chi connectivity index (χ3v) is 3.94. The van der Waals surface area contributed by atoms with Crippen molar-refractivity contribution >= 4 is 23.4 Å². The van der Waals surface area contributed by atoms with Gasteiger partial charge in [0.1, 0.15) is 5.56 Å². The molecule has 2 aromatic rings. The van der Waals surface area contributed by atoms with Crippen LogP contribution < -0.4 is 10.1 Å². The highest BCUT2D eigenvalue weighted by Gasteiger charge is 2.20. The summed E-state index contributed by atoms with van der Waals surface area (Å²) in [6.07, 6.45) is 3.44. The van der Waals surface area contributed by atoms with E-state index in [1.165, 1.54) is 23.9 Å². The summed E-state index contributed by atoms with van der Waals surface area (Å²) in [5, 5.41) is 13.8. The molecule has 0 saturated carbocycles. The Morgan fingerprint density at radius 1 is 1.42 bits per heavy atom. The zero-order chi connectivity index (χ0) is 17.5. The van der Waals surface area contributed by atoms with Gasteiger partial charge in [-0.3, -0.25) is 14.9 Å². The van der Waals surface area contributed by atoms with Crippen LogP contribution in [0.1, 0.15) is 22.8 Å². The molecule has 0 aliphatic carbocycles. The van der Waals surface area contributed by atoms with E-state index in [2.05, 4.69) is 10.3 Å². The van der Waals surface area contributed by atoms with Gasteiger partial charge in [-0.05, 0) is 31.4 Å². The van der Waals surface area contributed by atoms with E-state index in [4.69, 9.17) is 4.74 Å². The summed E-state index contributed by atoms with van der Waals surface area (Å²) in [6, 6.07) is 8.00. The van der Waals surface area contributed by atoms with E-state index in [0.717, 1.165) is 4.90 Å². The van der Waals surface area contributed by atoms with E-state index >= 15 is 0 Å². The number of ether oxygens (including phenoxy) is 1. The fourth-order valence-electron chi connectivity index (χ4n) is 2.08. The molecule has 8 heteroatoms. The molecule has 126 valence electrons. The van der Waals surface area contributed by atoms with Crippen molar-refractivity contribution in [3.8, 4) is 5.88 Å². The largest absolute Gasteiger partial charge is 0.478 e. The second-order valence-corrected chi connectivity index (χ2v) is 5.60. The molecular weight excluding hydrogens is 330 g/mol. The average molecular weight is 347 g/mol. The highest BCUT2D eigenvalue weighted by Crippen LogP contribution is 2.25. The second-order valence-electron chi connectivity index (χ2n) is 4.72. The number of carbonyl (C=O) groups excluding carboxylic acids is 1. The van der Waals surface area contributed by atoms with Crippen LogP contribution in [0.3, 0.4) is 0 Å². The molecule has 1 heterocycles. The number of hydrogen-bond acceptors (Lipinski definition) is 6. The van der Waals surface area contributed by atoms with Crippen LogP contribution in [-0.2, 0) is 6.54 Å². The quantitative estimate of drug-likeness (QED) is 0.470. The van der Waals surface area contributed by atoms with E-state index in [9.17, 15) is 14.9 Å². The molecular formula is C16H17N3O4S. The van der Waals surface area contributed by atoms with Gasteiger partial charge in [-0.15, -0.1) is 11.8 Å². The SMILES string of the molecule is CCOc1ncccc1CNC(=O)c1cc(SC)ccc1[N+](=O)[O-]. The second kappa shape index (κ2) is 8.30. The number of aromatic nitrogens is 1. The third kappa shape index (κ3) is 4.23. The maximum Gasteiger partial charge on any atom is 0.282 e. The predicted molar refractivity (Wildman–Crippen MR) is 91.5 cm³/mol. The Balaban J connectivity index is 2.20. The van der Waals surface area contributed by atoms with E-state index in [1.54, 1.807) is 24.4 Å². The predicted octanol–water partition coefficient (Wildman–Crippen LogP) is 3.04. The van der Waals surface area contributed by atoms with Gasteiger partial charge in [0.15, 0.2) is 0 Å². The van der Waals surface area contributed by atoms with E-state index in [-0.39, 0.29) is 17.8 Å². The van der Waals surface area contributed by atoms with Gasteiger partial charge in [0.2, 0.25) is 5.88 Å². The number of benzene rings is 1. The van der Waals surface area contributed by atoms with E-state index < -0.39 is 10.8 Å². The zero-order valence-electron chi connectivity index (χ0n) is 13.3. The lowest BCUT2D eigenvalue weighted by atomic mass is 10.1. The lowest BCUT2D eigenvalue weighted by Gasteiger charge is -2.10. The molecule has 0 spiro atoms. The Labute approximate surface area is 143 Å². The molecule has 0 saturated heterocycles. The molecule has 0 bridgehead atoms. The minimum absolute atomic E-state index is 0.0358. The van der Waals surface area contributed by atoms with Crippen LogP contribution in [0.5, 0.6) is 5.88 Å². The molecule has 1 N–H and O–H groups in total. The van der Waals surface area contributed by atoms with Gasteiger partial charge in [-0.1, -0.05) is 6.07 Å². The van der Waals surface area contributed by atoms with Crippen LogP contribution in [0.4, 0.5) is 5.69 Å². The first kappa shape index (κ1) is 17.7. The number of carbonyl (C=O) groups is 1. The van der Waals surface area contributed by atoms with Gasteiger partial charge in [-0.2, -0.15) is 0 Å². The highest BCUT2D eigenvalue weighted by molar-refractivity contribution is 7.98. The van der Waals surface area contributed by atoms with Gasteiger partial charge in [0.25, 0.3) is 11.6 Å². The number of thioether (sulfide) groups is 1. The molecule has 0 unspecified atom stereocenters. The maximum absolute atomic E-state index is 12.4. The van der Waals surface area contributed by atoms with Crippen LogP contribution in [0.25, 0.3) is 0 Å². The van der Waals surface area contributed by atoms with Gasteiger partial charge < -0.3 is 10.1 Å². The normalized spacial score (nSPS) is 10.2. The van der Waals surface area contributed by atoms with Crippen molar-refractivity contribution < 1.29 is 14.5 Å². The van der Waals surface area contributed by atoms with Crippen molar-refractivity contribution in [2.75, 3.05) is 12.9 Å². The fraction of sp³-hybridized carbons (Fsp3) is 0.250. The van der Waals surface area contributed by atoms with Crippen LogP contribution >= 0.6 is 11.8 Å². The lowest BCUT2D eigenvalue weighted by molar-refractivity contribution is -0.385. The lowest BCUT2D eigenvalue weighted by Crippen LogP contribution is -2.24. The first-order chi connectivity index (χ1) is 11.6. The molecule has 0 fully saturated rings. The number of nitrogens with one attached hydrogen (secondary N) is 1. The van der Waals surface area contributed by atoms with Crippen molar-refractivity contribution in [1.82, 2.24) is 10.3 Å². The summed E-state index contributed by atoms with van der Waals surface area (Å²) in [5.41, 5.74) is 0.520. The van der Waals surface area contributed by atoms with Crippen molar-refractivity contribution in [3.63, 3.8) is 0 Å². The number of amides is 1. The van der Waals surface area contributed by atoms with Crippen LogP contribution in [0.2, 0.25) is 0 Å². The van der Waals surface area contributed by atoms with Gasteiger partial charge in [0.05, 0.1) is 11.5 Å². The topological polar surface area (TPSA) is 94.4 Å². The monoisotopic (exact) mass is 347 g/mol. The number of pyridine rings is 1. The molecule has 1 aromatic carbocycles. The number of nitro groups is 1. The number of hydrogen-bond donors (Lipinski definition) is 1. The number of rotatable bonds is 7. The Hall–Kier alpha value is -2.61. The summed E-state index contributed by atoms with van der Waals surface area (Å²) in [4.78, 5) is 27.8. The molecule has 0 atom stereocenters. The number of nitrogens with zero attached hydrogens (tertiary/aromatic N) is 2. The zero-order valence-corrected chi connectivity index (χ0v) is 14.1. The standard InChI is InChI=1S/C16H17N3O4S/c1-3-23-16-11(5-4-8-17-16)10-18-15(20)13-9-12(24-2)6-7-14(13)19(21)22/h4-9H,3,10H2,1-2H3,(H,18,20). The van der Waals surface area contributed by atoms with Crippen molar-refractivity contribution in [2.24, 2.45) is 0 Å². The summed E-state index contributed by atoms with van der Waals surface area (Å²) >= 11 is 1.41. The molecule has 7 nitrogen and oxygen atoms in total. The first-order valence-corrected chi connectivity index (χ1v) is 8.46. The third-order valence-electron chi connectivity index (χ3n) is 3.22. The number of nitro benzene ring substituents is 1. The summed E-state index contributed by atoms with van der Waals surface area (Å²) in [5.74, 6) is -0.0726. The maximum atomic E-state index is 12.4. The Morgan fingerprint density at radius 2 is 2.21 bits per heavy atom. The Morgan fingerprint density at radius 3 is 2.88 bits per heavy atom. The smallest absolute Gasteiger partial charge is 0.282 e. The molecule has 1 amide bonds. The molecule has 0 radical (unpaired) electrons. The fourth-order valence-corrected chi connectivity index (χ4v) is 2.52. The van der Waals surface area contributed by atoms with Crippen LogP contribution in [-0.4, -0.2) is 28.7 Å². The van der Waals surface area contributed by atoms with Gasteiger partial charge in [0, 0.05) is 29.3 Å². The average Bonchev–Trinajstić information content (AvgIpc) is 2.60. The van der Waals surface area contributed by atoms with Crippen molar-refractivity contribution in [2.45, 2.75) is 18.4 Å². The van der Waals surface area contributed by atoms with Gasteiger partial charge >= 0.3 is 0 Å². The summed E-state index contributed by atoms with van der Waals surface area (Å²) in [7, 11) is 0.